The fourth-order valence-electron chi connectivity index (χ4n) is 4.82. The summed E-state index contributed by atoms with van der Waals surface area (Å²) < 4.78 is 10.8. The number of pyridine rings is 2. The van der Waals surface area contributed by atoms with E-state index in [2.05, 4.69) is 38.1 Å². The van der Waals surface area contributed by atoms with E-state index in [4.69, 9.17) is 14.5 Å². The highest BCUT2D eigenvalue weighted by Crippen LogP contribution is 2.30. The van der Waals surface area contributed by atoms with Gasteiger partial charge in [0.2, 0.25) is 0 Å². The summed E-state index contributed by atoms with van der Waals surface area (Å²) in [4.78, 5) is 33.9. The molecule has 0 saturated carbocycles. The fraction of sp³-hybridized carbons (Fsp3) is 0.379. The largest absolute Gasteiger partial charge is 0.494 e. The molecule has 5 rings (SSSR count). The van der Waals surface area contributed by atoms with Gasteiger partial charge in [-0.15, -0.1) is 0 Å². The molecule has 4 aromatic rings. The van der Waals surface area contributed by atoms with E-state index in [1.165, 1.54) is 5.56 Å². The summed E-state index contributed by atoms with van der Waals surface area (Å²) in [5.74, 6) is 1.65. The van der Waals surface area contributed by atoms with Crippen molar-refractivity contribution in [3.8, 4) is 16.9 Å². The molecule has 1 aliphatic heterocycles. The lowest BCUT2D eigenvalue weighted by Crippen LogP contribution is -2.54. The maximum atomic E-state index is 12.7. The van der Waals surface area contributed by atoms with Gasteiger partial charge in [-0.3, -0.25) is 19.7 Å². The van der Waals surface area contributed by atoms with Crippen molar-refractivity contribution in [1.29, 1.82) is 0 Å². The first-order valence-electron chi connectivity index (χ1n) is 12.8. The predicted molar refractivity (Wildman–Crippen MR) is 146 cm³/mol. The van der Waals surface area contributed by atoms with Crippen LogP contribution in [0.15, 0.2) is 55.0 Å². The molecule has 4 heterocycles. The van der Waals surface area contributed by atoms with Gasteiger partial charge in [0.1, 0.15) is 17.2 Å². The third kappa shape index (κ3) is 5.54. The Morgan fingerprint density at radius 2 is 1.87 bits per heavy atom. The lowest BCUT2D eigenvalue weighted by molar-refractivity contribution is -0.152. The number of piperazine rings is 1. The zero-order valence-corrected chi connectivity index (χ0v) is 22.4. The highest BCUT2D eigenvalue weighted by atomic mass is 16.5. The fourth-order valence-corrected chi connectivity index (χ4v) is 4.82. The summed E-state index contributed by atoms with van der Waals surface area (Å²) in [5, 5.41) is 0. The number of aromatic amines is 1. The van der Waals surface area contributed by atoms with E-state index in [0.717, 1.165) is 59.1 Å². The molecule has 0 radical (unpaired) electrons. The molecule has 0 aliphatic carbocycles. The molecule has 1 fully saturated rings. The monoisotopic (exact) mass is 514 g/mol. The zero-order chi connectivity index (χ0) is 26.7. The van der Waals surface area contributed by atoms with E-state index < -0.39 is 5.60 Å². The molecular weight excluding hydrogens is 480 g/mol. The third-order valence-corrected chi connectivity index (χ3v) is 7.17. The average molecular weight is 515 g/mol. The molecule has 1 N–H and O–H groups in total. The van der Waals surface area contributed by atoms with Crippen LogP contribution in [0.1, 0.15) is 30.9 Å². The van der Waals surface area contributed by atoms with E-state index in [1.54, 1.807) is 26.6 Å². The van der Waals surface area contributed by atoms with Crippen LogP contribution in [0, 0.1) is 0 Å². The van der Waals surface area contributed by atoms with Crippen LogP contribution in [0.2, 0.25) is 0 Å². The molecule has 1 saturated heterocycles. The SMILES string of the molecule is COc1cnccc1-c1ccc2nc(Cc3cc(CN4CCN(C(=O)C(C)(C)OC)CC4)ccn3)[nH]c2c1. The van der Waals surface area contributed by atoms with Crippen LogP contribution in [0.3, 0.4) is 0 Å². The maximum absolute atomic E-state index is 12.7. The molecule has 1 amide bonds. The summed E-state index contributed by atoms with van der Waals surface area (Å²) in [6, 6.07) is 12.3. The van der Waals surface area contributed by atoms with Crippen LogP contribution in [0.25, 0.3) is 22.2 Å². The molecule has 9 heteroatoms. The van der Waals surface area contributed by atoms with E-state index in [1.807, 2.05) is 43.1 Å². The molecule has 0 unspecified atom stereocenters. The molecule has 3 aromatic heterocycles. The molecule has 1 aromatic carbocycles. The van der Waals surface area contributed by atoms with Crippen molar-refractivity contribution in [2.24, 2.45) is 0 Å². The second-order valence-corrected chi connectivity index (χ2v) is 10.1. The number of carbonyl (C=O) groups excluding carboxylic acids is 1. The first kappa shape index (κ1) is 25.8. The van der Waals surface area contributed by atoms with Gasteiger partial charge in [-0.1, -0.05) is 6.07 Å². The lowest BCUT2D eigenvalue weighted by atomic mass is 10.1. The number of fused-ring (bicyclic) bond motifs is 1. The number of nitrogens with one attached hydrogen (secondary N) is 1. The number of H-pyrrole nitrogens is 1. The number of rotatable bonds is 8. The Morgan fingerprint density at radius 3 is 2.63 bits per heavy atom. The Balaban J connectivity index is 1.24. The number of hydrogen-bond acceptors (Lipinski definition) is 7. The molecule has 0 atom stereocenters. The number of imidazole rings is 1. The Bertz CT molecular complexity index is 1420. The summed E-state index contributed by atoms with van der Waals surface area (Å²) in [6.07, 6.45) is 5.96. The number of hydrogen-bond donors (Lipinski definition) is 1. The average Bonchev–Trinajstić information content (AvgIpc) is 3.34. The van der Waals surface area contributed by atoms with Crippen LogP contribution >= 0.6 is 0 Å². The van der Waals surface area contributed by atoms with Crippen LogP contribution in [0.5, 0.6) is 5.75 Å². The minimum Gasteiger partial charge on any atom is -0.494 e. The van der Waals surface area contributed by atoms with Crippen LogP contribution in [-0.2, 0) is 22.5 Å². The Kier molecular flexibility index (Phi) is 7.40. The van der Waals surface area contributed by atoms with Gasteiger partial charge in [-0.2, -0.15) is 0 Å². The number of ether oxygens (including phenoxy) is 2. The van der Waals surface area contributed by atoms with Crippen molar-refractivity contribution >= 4 is 16.9 Å². The van der Waals surface area contributed by atoms with E-state index in [0.29, 0.717) is 19.5 Å². The quantitative estimate of drug-likeness (QED) is 0.383. The molecule has 0 bridgehead atoms. The van der Waals surface area contributed by atoms with Crippen LogP contribution in [0.4, 0.5) is 0 Å². The molecule has 38 heavy (non-hydrogen) atoms. The molecule has 9 nitrogen and oxygen atoms in total. The maximum Gasteiger partial charge on any atom is 0.254 e. The first-order valence-corrected chi connectivity index (χ1v) is 12.8. The van der Waals surface area contributed by atoms with Gasteiger partial charge in [0.05, 0.1) is 24.3 Å². The Morgan fingerprint density at radius 1 is 1.05 bits per heavy atom. The van der Waals surface area contributed by atoms with E-state index >= 15 is 0 Å². The van der Waals surface area contributed by atoms with Crippen molar-refractivity contribution in [2.75, 3.05) is 40.4 Å². The Labute approximate surface area is 222 Å². The van der Waals surface area contributed by atoms with Crippen LogP contribution < -0.4 is 4.74 Å². The summed E-state index contributed by atoms with van der Waals surface area (Å²) in [5.41, 5.74) is 5.30. The van der Waals surface area contributed by atoms with Gasteiger partial charge in [0.15, 0.2) is 0 Å². The molecule has 0 spiro atoms. The minimum atomic E-state index is -0.785. The third-order valence-electron chi connectivity index (χ3n) is 7.17. The van der Waals surface area contributed by atoms with E-state index in [-0.39, 0.29) is 5.91 Å². The number of amides is 1. The van der Waals surface area contributed by atoms with Gasteiger partial charge in [-0.05, 0) is 55.3 Å². The Hall–Kier alpha value is -3.82. The zero-order valence-electron chi connectivity index (χ0n) is 22.4. The van der Waals surface area contributed by atoms with E-state index in [9.17, 15) is 4.79 Å². The van der Waals surface area contributed by atoms with Gasteiger partial charge in [0.25, 0.3) is 5.91 Å². The lowest BCUT2D eigenvalue weighted by Gasteiger charge is -2.38. The van der Waals surface area contributed by atoms with Crippen molar-refractivity contribution in [3.05, 3.63) is 72.1 Å². The van der Waals surface area contributed by atoms with Gasteiger partial charge in [0, 0.05) is 69.9 Å². The van der Waals surface area contributed by atoms with Gasteiger partial charge >= 0.3 is 0 Å². The topological polar surface area (TPSA) is 96.5 Å². The number of aromatic nitrogens is 4. The number of benzene rings is 1. The number of nitrogens with zero attached hydrogens (tertiary/aromatic N) is 5. The summed E-state index contributed by atoms with van der Waals surface area (Å²) in [7, 11) is 3.23. The predicted octanol–water partition coefficient (Wildman–Crippen LogP) is 3.69. The first-order chi connectivity index (χ1) is 18.4. The highest BCUT2D eigenvalue weighted by molar-refractivity contribution is 5.84. The van der Waals surface area contributed by atoms with Gasteiger partial charge in [-0.25, -0.2) is 4.98 Å². The van der Waals surface area contributed by atoms with Crippen LogP contribution in [-0.4, -0.2) is 81.6 Å². The highest BCUT2D eigenvalue weighted by Gasteiger charge is 2.33. The molecular formula is C29H34N6O3. The second-order valence-electron chi connectivity index (χ2n) is 10.1. The van der Waals surface area contributed by atoms with Crippen molar-refractivity contribution in [3.63, 3.8) is 0 Å². The second kappa shape index (κ2) is 10.9. The summed E-state index contributed by atoms with van der Waals surface area (Å²) in [6.45, 7) is 7.53. The number of methoxy groups -OCH3 is 2. The van der Waals surface area contributed by atoms with Crippen molar-refractivity contribution in [2.45, 2.75) is 32.4 Å². The minimum absolute atomic E-state index is 0.0451. The van der Waals surface area contributed by atoms with Gasteiger partial charge < -0.3 is 19.4 Å². The standard InChI is InChI=1S/C29H34N6O3/c1-29(2,38-4)28(36)35-13-11-34(12-14-35)19-20-7-10-31-22(15-20)17-27-32-24-6-5-21(16-25(24)33-27)23-8-9-30-18-26(23)37-3/h5-10,15-16,18H,11-14,17,19H2,1-4H3,(H,32,33). The van der Waals surface area contributed by atoms with Crippen molar-refractivity contribution in [1.82, 2.24) is 29.7 Å². The number of carbonyl (C=O) groups is 1. The molecule has 198 valence electrons. The van der Waals surface area contributed by atoms with Crippen molar-refractivity contribution < 1.29 is 14.3 Å². The summed E-state index contributed by atoms with van der Waals surface area (Å²) >= 11 is 0. The molecule has 1 aliphatic rings. The normalized spacial score (nSPS) is 14.7. The smallest absolute Gasteiger partial charge is 0.254 e.